The average Bonchev–Trinajstić information content (AvgIpc) is 2.18. The van der Waals surface area contributed by atoms with Gasteiger partial charge in [0, 0.05) is 0 Å². The number of hydrogen-bond donors (Lipinski definition) is 0. The molecule has 0 heteroatoms. The summed E-state index contributed by atoms with van der Waals surface area (Å²) in [6.07, 6.45) is 23.5. The van der Waals surface area contributed by atoms with E-state index in [0.29, 0.717) is 0 Å². The Morgan fingerprint density at radius 3 is 1.62 bits per heavy atom. The van der Waals surface area contributed by atoms with Gasteiger partial charge >= 0.3 is 0 Å². The lowest BCUT2D eigenvalue weighted by Gasteiger charge is -1.89. The monoisotopic (exact) mass is 174 g/mol. The molecule has 0 heterocycles. The highest BCUT2D eigenvalue weighted by Gasteiger charge is 1.80. The van der Waals surface area contributed by atoms with Crippen LogP contribution in [0.15, 0.2) is 48.6 Å². The Bertz CT molecular complexity index is 192. The van der Waals surface area contributed by atoms with Crippen molar-refractivity contribution in [3.63, 3.8) is 0 Å². The first-order valence-electron chi connectivity index (χ1n) is 5.12. The Hall–Kier alpha value is -1.04. The van der Waals surface area contributed by atoms with Crippen molar-refractivity contribution in [2.24, 2.45) is 0 Å². The van der Waals surface area contributed by atoms with Gasteiger partial charge in [0.25, 0.3) is 0 Å². The fourth-order valence-corrected chi connectivity index (χ4v) is 1.25. The van der Waals surface area contributed by atoms with E-state index in [1.165, 1.54) is 19.3 Å². The Morgan fingerprint density at radius 2 is 1.08 bits per heavy atom. The molecule has 0 unspecified atom stereocenters. The lowest BCUT2D eigenvalue weighted by molar-refractivity contribution is 0.864. The van der Waals surface area contributed by atoms with Gasteiger partial charge in [-0.05, 0) is 32.1 Å². The number of hydrogen-bond acceptors (Lipinski definition) is 0. The van der Waals surface area contributed by atoms with E-state index in [0.717, 1.165) is 12.8 Å². The minimum absolute atomic E-state index is 1.07. The minimum Gasteiger partial charge on any atom is -0.0882 e. The van der Waals surface area contributed by atoms with Gasteiger partial charge in [-0.25, -0.2) is 0 Å². The van der Waals surface area contributed by atoms with E-state index in [-0.39, 0.29) is 0 Å². The fraction of sp³-hybridized carbons (Fsp3) is 0.385. The predicted molar refractivity (Wildman–Crippen MR) is 59.6 cm³/mol. The van der Waals surface area contributed by atoms with Crippen molar-refractivity contribution in [1.82, 2.24) is 0 Å². The van der Waals surface area contributed by atoms with Crippen LogP contribution in [0.25, 0.3) is 0 Å². The van der Waals surface area contributed by atoms with Crippen LogP contribution in [0.3, 0.4) is 0 Å². The zero-order valence-corrected chi connectivity index (χ0v) is 8.15. The van der Waals surface area contributed by atoms with Crippen LogP contribution in [0.1, 0.15) is 32.1 Å². The third-order valence-corrected chi connectivity index (χ3v) is 2.00. The van der Waals surface area contributed by atoms with E-state index in [9.17, 15) is 0 Å². The lowest BCUT2D eigenvalue weighted by Crippen LogP contribution is -1.69. The highest BCUT2D eigenvalue weighted by Crippen LogP contribution is 2.01. The van der Waals surface area contributed by atoms with Gasteiger partial charge in [0.15, 0.2) is 0 Å². The van der Waals surface area contributed by atoms with Gasteiger partial charge in [0.1, 0.15) is 0 Å². The molecule has 0 N–H and O–H groups in total. The lowest BCUT2D eigenvalue weighted by atomic mass is 10.2. The first kappa shape index (κ1) is 10.0. The molecule has 70 valence electrons. The second-order valence-electron chi connectivity index (χ2n) is 3.20. The quantitative estimate of drug-likeness (QED) is 0.483. The molecule has 0 spiro atoms. The standard InChI is InChI=1S/C13H18/c1-2-4-6-8-10-12-13-11-9-7-5-3-1/h1-4,7-10H,5-6,11-13H2/b3-1?,4-2?,9-7+,10-8+. The summed E-state index contributed by atoms with van der Waals surface area (Å²) in [4.78, 5) is 0. The van der Waals surface area contributed by atoms with Gasteiger partial charge in [0.2, 0.25) is 0 Å². The minimum atomic E-state index is 1.07. The molecule has 1 aliphatic rings. The van der Waals surface area contributed by atoms with Gasteiger partial charge in [-0.3, -0.25) is 0 Å². The molecular weight excluding hydrogens is 156 g/mol. The molecule has 0 saturated carbocycles. The van der Waals surface area contributed by atoms with Gasteiger partial charge in [-0.15, -0.1) is 0 Å². The summed E-state index contributed by atoms with van der Waals surface area (Å²) < 4.78 is 0. The zero-order chi connectivity index (χ0) is 9.19. The molecule has 1 rings (SSSR count). The predicted octanol–water partition coefficient (Wildman–Crippen LogP) is 4.18. The molecule has 0 fully saturated rings. The Balaban J connectivity index is 2.38. The van der Waals surface area contributed by atoms with Gasteiger partial charge in [-0.1, -0.05) is 48.6 Å². The molecule has 0 radical (unpaired) electrons. The maximum atomic E-state index is 2.28. The maximum absolute atomic E-state index is 2.28. The molecule has 0 aromatic carbocycles. The van der Waals surface area contributed by atoms with Gasteiger partial charge in [0.05, 0.1) is 0 Å². The zero-order valence-electron chi connectivity index (χ0n) is 8.15. The van der Waals surface area contributed by atoms with Crippen LogP contribution in [-0.2, 0) is 0 Å². The molecule has 0 aliphatic heterocycles. The second-order valence-corrected chi connectivity index (χ2v) is 3.20. The number of rotatable bonds is 0. The molecule has 0 aromatic heterocycles. The smallest absolute Gasteiger partial charge is 0.0166 e. The van der Waals surface area contributed by atoms with Crippen LogP contribution in [-0.4, -0.2) is 0 Å². The normalized spacial score (nSPS) is 24.0. The van der Waals surface area contributed by atoms with Crippen LogP contribution >= 0.6 is 0 Å². The summed E-state index contributed by atoms with van der Waals surface area (Å²) in [7, 11) is 0. The van der Waals surface area contributed by atoms with Crippen LogP contribution in [0, 0.1) is 0 Å². The Kier molecular flexibility index (Phi) is 5.87. The van der Waals surface area contributed by atoms with Crippen molar-refractivity contribution >= 4 is 0 Å². The van der Waals surface area contributed by atoms with E-state index in [4.69, 9.17) is 0 Å². The molecule has 13 heavy (non-hydrogen) atoms. The van der Waals surface area contributed by atoms with E-state index in [1.54, 1.807) is 0 Å². The van der Waals surface area contributed by atoms with E-state index >= 15 is 0 Å². The molecular formula is C13H18. The molecule has 0 nitrogen and oxygen atoms in total. The third kappa shape index (κ3) is 6.15. The molecule has 0 bridgehead atoms. The van der Waals surface area contributed by atoms with Crippen LogP contribution in [0.4, 0.5) is 0 Å². The summed E-state index contributed by atoms with van der Waals surface area (Å²) >= 11 is 0. The highest BCUT2D eigenvalue weighted by molar-refractivity contribution is 5.07. The Morgan fingerprint density at radius 1 is 0.538 bits per heavy atom. The van der Waals surface area contributed by atoms with Crippen LogP contribution in [0.5, 0.6) is 0 Å². The molecule has 0 amide bonds. The average molecular weight is 174 g/mol. The Labute approximate surface area is 81.4 Å². The van der Waals surface area contributed by atoms with Crippen molar-refractivity contribution < 1.29 is 0 Å². The topological polar surface area (TPSA) is 0 Å². The molecule has 0 aromatic rings. The van der Waals surface area contributed by atoms with E-state index in [2.05, 4.69) is 48.6 Å². The van der Waals surface area contributed by atoms with Crippen LogP contribution < -0.4 is 0 Å². The molecule has 0 saturated heterocycles. The van der Waals surface area contributed by atoms with Crippen molar-refractivity contribution in [2.75, 3.05) is 0 Å². The van der Waals surface area contributed by atoms with Crippen molar-refractivity contribution in [3.8, 4) is 0 Å². The summed E-state index contributed by atoms with van der Waals surface area (Å²) in [5.41, 5.74) is 0. The maximum Gasteiger partial charge on any atom is -0.0166 e. The van der Waals surface area contributed by atoms with Crippen molar-refractivity contribution in [2.45, 2.75) is 32.1 Å². The summed E-state index contributed by atoms with van der Waals surface area (Å²) in [5, 5.41) is 0. The SMILES string of the molecule is C1=CC/C=C/CCC/C=C/CC=C1. The summed E-state index contributed by atoms with van der Waals surface area (Å²) in [6, 6.07) is 0. The van der Waals surface area contributed by atoms with E-state index in [1.807, 2.05) is 0 Å². The summed E-state index contributed by atoms with van der Waals surface area (Å²) in [5.74, 6) is 0. The fourth-order valence-electron chi connectivity index (χ4n) is 1.25. The highest BCUT2D eigenvalue weighted by atomic mass is 13.9. The van der Waals surface area contributed by atoms with Crippen molar-refractivity contribution in [1.29, 1.82) is 0 Å². The first-order valence-corrected chi connectivity index (χ1v) is 5.12. The summed E-state index contributed by atoms with van der Waals surface area (Å²) in [6.45, 7) is 0. The molecule has 1 aliphatic carbocycles. The largest absolute Gasteiger partial charge is 0.0882 e. The van der Waals surface area contributed by atoms with Gasteiger partial charge in [-0.2, -0.15) is 0 Å². The first-order chi connectivity index (χ1) is 6.50. The number of allylic oxidation sites excluding steroid dienone is 8. The second kappa shape index (κ2) is 7.60. The van der Waals surface area contributed by atoms with E-state index < -0.39 is 0 Å². The molecule has 0 atom stereocenters. The van der Waals surface area contributed by atoms with Crippen LogP contribution in [0.2, 0.25) is 0 Å². The van der Waals surface area contributed by atoms with Gasteiger partial charge < -0.3 is 0 Å². The van der Waals surface area contributed by atoms with Crippen molar-refractivity contribution in [3.05, 3.63) is 48.6 Å². The third-order valence-electron chi connectivity index (χ3n) is 2.00.